The summed E-state index contributed by atoms with van der Waals surface area (Å²) in [6.07, 6.45) is 6.56. The highest BCUT2D eigenvalue weighted by atomic mass is 19.1. The van der Waals surface area contributed by atoms with Gasteiger partial charge in [-0.3, -0.25) is 0 Å². The first-order valence-corrected chi connectivity index (χ1v) is 6.35. The predicted octanol–water partition coefficient (Wildman–Crippen LogP) is 1.64. The minimum Gasteiger partial charge on any atom is -0.367 e. The maximum absolute atomic E-state index is 14.1. The van der Waals surface area contributed by atoms with Crippen molar-refractivity contribution in [3.63, 3.8) is 0 Å². The minimum absolute atomic E-state index is 0.00226. The zero-order chi connectivity index (χ0) is 15.3. The number of aromatic nitrogens is 5. The first-order valence-electron chi connectivity index (χ1n) is 6.35. The largest absolute Gasteiger partial charge is 0.367 e. The monoisotopic (exact) mass is 293 g/mol. The van der Waals surface area contributed by atoms with Crippen molar-refractivity contribution in [2.75, 3.05) is 5.73 Å². The molecule has 4 heterocycles. The molecule has 0 unspecified atom stereocenters. The Labute approximate surface area is 123 Å². The molecule has 0 saturated heterocycles. The van der Waals surface area contributed by atoms with Crippen molar-refractivity contribution in [3.8, 4) is 17.2 Å². The molecule has 22 heavy (non-hydrogen) atoms. The summed E-state index contributed by atoms with van der Waals surface area (Å²) in [6.45, 7) is 0. The summed E-state index contributed by atoms with van der Waals surface area (Å²) < 4.78 is 17.2. The maximum atomic E-state index is 14.1. The number of fused-ring (bicyclic) bond motifs is 2. The zero-order valence-corrected chi connectivity index (χ0v) is 11.1. The van der Waals surface area contributed by atoms with Gasteiger partial charge in [0.05, 0.1) is 0 Å². The van der Waals surface area contributed by atoms with Crippen molar-refractivity contribution in [3.05, 3.63) is 48.4 Å². The molecule has 0 amide bonds. The topological polar surface area (TPSA) is 97.3 Å². The Kier molecular flexibility index (Phi) is 2.38. The van der Waals surface area contributed by atoms with Crippen molar-refractivity contribution >= 4 is 17.1 Å². The molecule has 0 radical (unpaired) electrons. The highest BCUT2D eigenvalue weighted by Gasteiger charge is 2.15. The summed E-state index contributed by atoms with van der Waals surface area (Å²) in [6, 6.07) is 5.10. The number of nitrogens with zero attached hydrogens (tertiary/aromatic N) is 6. The summed E-state index contributed by atoms with van der Waals surface area (Å²) >= 11 is 0. The molecule has 0 bridgehead atoms. The Hall–Kier alpha value is -3.47. The van der Waals surface area contributed by atoms with Gasteiger partial charge in [-0.25, -0.2) is 13.9 Å². The van der Waals surface area contributed by atoms with E-state index in [1.54, 1.807) is 29.1 Å². The standard InChI is InChI=1S/C14H8FN7/c15-10-5-8(7-21-4-2-18-13(10)21)9-1-3-22-12(9)11(6-16)19-14(17)20-22/h1-5,7H,(H2,17,20). The van der Waals surface area contributed by atoms with E-state index in [2.05, 4.69) is 15.1 Å². The normalized spacial score (nSPS) is 11.1. The maximum Gasteiger partial charge on any atom is 0.239 e. The molecule has 106 valence electrons. The van der Waals surface area contributed by atoms with Crippen molar-refractivity contribution in [1.82, 2.24) is 24.0 Å². The molecule has 4 aromatic heterocycles. The van der Waals surface area contributed by atoms with E-state index in [9.17, 15) is 9.65 Å². The summed E-state index contributed by atoms with van der Waals surface area (Å²) in [7, 11) is 0. The molecular weight excluding hydrogens is 285 g/mol. The van der Waals surface area contributed by atoms with Crippen LogP contribution < -0.4 is 5.73 Å². The van der Waals surface area contributed by atoms with Crippen molar-refractivity contribution in [2.45, 2.75) is 0 Å². The second kappa shape index (κ2) is 4.26. The lowest BCUT2D eigenvalue weighted by atomic mass is 10.1. The van der Waals surface area contributed by atoms with Gasteiger partial charge in [0, 0.05) is 35.9 Å². The second-order valence-electron chi connectivity index (χ2n) is 4.69. The van der Waals surface area contributed by atoms with Crippen LogP contribution in [0.25, 0.3) is 22.3 Å². The summed E-state index contributed by atoms with van der Waals surface area (Å²) in [5.74, 6) is -0.445. The molecule has 4 aromatic rings. The first kappa shape index (κ1) is 12.3. The van der Waals surface area contributed by atoms with E-state index in [1.165, 1.54) is 16.8 Å². The minimum atomic E-state index is -0.447. The van der Waals surface area contributed by atoms with Gasteiger partial charge < -0.3 is 10.1 Å². The van der Waals surface area contributed by atoms with Crippen LogP contribution in [-0.4, -0.2) is 24.0 Å². The number of nitrogen functional groups attached to an aromatic ring is 1. The Morgan fingerprint density at radius 1 is 1.32 bits per heavy atom. The average Bonchev–Trinajstić information content (AvgIpc) is 3.12. The van der Waals surface area contributed by atoms with Crippen molar-refractivity contribution < 1.29 is 4.39 Å². The molecule has 0 fully saturated rings. The van der Waals surface area contributed by atoms with E-state index in [-0.39, 0.29) is 17.3 Å². The van der Waals surface area contributed by atoms with Gasteiger partial charge in [-0.2, -0.15) is 10.2 Å². The number of hydrogen-bond donors (Lipinski definition) is 1. The zero-order valence-electron chi connectivity index (χ0n) is 11.1. The van der Waals surface area contributed by atoms with Gasteiger partial charge in [0.1, 0.15) is 11.6 Å². The van der Waals surface area contributed by atoms with Crippen molar-refractivity contribution in [2.24, 2.45) is 0 Å². The molecule has 2 N–H and O–H groups in total. The average molecular weight is 293 g/mol. The van der Waals surface area contributed by atoms with E-state index in [0.717, 1.165) is 0 Å². The fraction of sp³-hybridized carbons (Fsp3) is 0. The molecular formula is C14H8FN7. The van der Waals surface area contributed by atoms with Crippen LogP contribution in [0.5, 0.6) is 0 Å². The van der Waals surface area contributed by atoms with Crippen LogP contribution in [0.2, 0.25) is 0 Å². The fourth-order valence-electron chi connectivity index (χ4n) is 2.49. The number of nitriles is 1. The van der Waals surface area contributed by atoms with Crippen LogP contribution in [0.1, 0.15) is 5.69 Å². The van der Waals surface area contributed by atoms with Gasteiger partial charge in [0.2, 0.25) is 5.95 Å². The van der Waals surface area contributed by atoms with Gasteiger partial charge in [-0.05, 0) is 12.1 Å². The molecule has 0 spiro atoms. The van der Waals surface area contributed by atoms with E-state index >= 15 is 0 Å². The molecule has 4 rings (SSSR count). The van der Waals surface area contributed by atoms with E-state index < -0.39 is 5.82 Å². The molecule has 0 aliphatic carbocycles. The molecule has 0 atom stereocenters. The van der Waals surface area contributed by atoms with Gasteiger partial charge in [-0.15, -0.1) is 5.10 Å². The summed E-state index contributed by atoms with van der Waals surface area (Å²) in [5.41, 5.74) is 7.67. The van der Waals surface area contributed by atoms with Crippen LogP contribution in [0.15, 0.2) is 36.9 Å². The smallest absolute Gasteiger partial charge is 0.239 e. The summed E-state index contributed by atoms with van der Waals surface area (Å²) in [4.78, 5) is 7.86. The predicted molar refractivity (Wildman–Crippen MR) is 76.3 cm³/mol. The van der Waals surface area contributed by atoms with Crippen molar-refractivity contribution in [1.29, 1.82) is 5.26 Å². The SMILES string of the molecule is N#Cc1nc(N)nn2ccc(-c3cc(F)c4nccn4c3)c12. The molecule has 7 nitrogen and oxygen atoms in total. The lowest BCUT2D eigenvalue weighted by Crippen LogP contribution is -2.03. The van der Waals surface area contributed by atoms with E-state index in [1.807, 2.05) is 6.07 Å². The van der Waals surface area contributed by atoms with Crippen LogP contribution in [0, 0.1) is 17.1 Å². The molecule has 0 aliphatic heterocycles. The van der Waals surface area contributed by atoms with E-state index in [4.69, 9.17) is 5.73 Å². The Balaban J connectivity index is 2.06. The third-order valence-corrected chi connectivity index (χ3v) is 3.39. The number of hydrogen-bond acceptors (Lipinski definition) is 5. The number of halogens is 1. The lowest BCUT2D eigenvalue weighted by Gasteiger charge is -2.04. The van der Waals surface area contributed by atoms with Crippen LogP contribution >= 0.6 is 0 Å². The van der Waals surface area contributed by atoms with Gasteiger partial charge in [0.25, 0.3) is 0 Å². The van der Waals surface area contributed by atoms with Crippen LogP contribution in [-0.2, 0) is 0 Å². The lowest BCUT2D eigenvalue weighted by molar-refractivity contribution is 0.630. The Bertz CT molecular complexity index is 1070. The summed E-state index contributed by atoms with van der Waals surface area (Å²) in [5, 5.41) is 13.3. The molecule has 0 saturated carbocycles. The van der Waals surface area contributed by atoms with Gasteiger partial charge >= 0.3 is 0 Å². The number of nitrogens with two attached hydrogens (primary N) is 1. The number of pyridine rings is 1. The number of anilines is 1. The van der Waals surface area contributed by atoms with Gasteiger partial charge in [-0.1, -0.05) is 0 Å². The second-order valence-corrected chi connectivity index (χ2v) is 4.69. The van der Waals surface area contributed by atoms with Crippen LogP contribution in [0.4, 0.5) is 10.3 Å². The first-order chi connectivity index (χ1) is 10.7. The number of imidazole rings is 1. The third kappa shape index (κ3) is 1.63. The van der Waals surface area contributed by atoms with Gasteiger partial charge in [0.15, 0.2) is 17.2 Å². The quantitative estimate of drug-likeness (QED) is 0.575. The molecule has 0 aliphatic rings. The molecule has 8 heteroatoms. The third-order valence-electron chi connectivity index (χ3n) is 3.39. The number of rotatable bonds is 1. The Morgan fingerprint density at radius 2 is 2.18 bits per heavy atom. The highest BCUT2D eigenvalue weighted by Crippen LogP contribution is 2.28. The fourth-order valence-corrected chi connectivity index (χ4v) is 2.49. The Morgan fingerprint density at radius 3 is 3.00 bits per heavy atom. The molecule has 0 aromatic carbocycles. The highest BCUT2D eigenvalue weighted by molar-refractivity contribution is 5.84. The van der Waals surface area contributed by atoms with Crippen LogP contribution in [0.3, 0.4) is 0 Å². The van der Waals surface area contributed by atoms with E-state index in [0.29, 0.717) is 16.6 Å².